The molecule has 0 spiro atoms. The van der Waals surface area contributed by atoms with Gasteiger partial charge in [0.05, 0.1) is 0 Å². The predicted molar refractivity (Wildman–Crippen MR) is 121 cm³/mol. The van der Waals surface area contributed by atoms with E-state index in [0.29, 0.717) is 5.92 Å². The van der Waals surface area contributed by atoms with Crippen LogP contribution in [0.5, 0.6) is 0 Å². The Morgan fingerprint density at radius 2 is 1.11 bits per heavy atom. The maximum Gasteiger partial charge on any atom is -0.00629 e. The van der Waals surface area contributed by atoms with Gasteiger partial charge in [-0.3, -0.25) is 0 Å². The van der Waals surface area contributed by atoms with Gasteiger partial charge in [-0.05, 0) is 56.4 Å². The van der Waals surface area contributed by atoms with Crippen molar-refractivity contribution in [2.24, 2.45) is 0 Å². The highest BCUT2D eigenvalue weighted by molar-refractivity contribution is 5.42. The average Bonchev–Trinajstić information content (AvgIpc) is 2.52. The molecule has 0 nitrogen and oxygen atoms in total. The lowest BCUT2D eigenvalue weighted by Crippen LogP contribution is -2.25. The van der Waals surface area contributed by atoms with E-state index in [1.54, 1.807) is 0 Å². The first-order valence-electron chi connectivity index (χ1n) is 10.5. The van der Waals surface area contributed by atoms with Crippen molar-refractivity contribution in [1.82, 2.24) is 0 Å². The fourth-order valence-corrected chi connectivity index (χ4v) is 3.72. The molecule has 0 aliphatic heterocycles. The van der Waals surface area contributed by atoms with Crippen LogP contribution in [-0.2, 0) is 22.7 Å². The van der Waals surface area contributed by atoms with Crippen LogP contribution in [0.25, 0.3) is 0 Å². The molecule has 0 bridgehead atoms. The predicted octanol–water partition coefficient (Wildman–Crippen LogP) is 7.93. The van der Waals surface area contributed by atoms with Gasteiger partial charge in [0.15, 0.2) is 0 Å². The van der Waals surface area contributed by atoms with Crippen molar-refractivity contribution in [3.8, 4) is 0 Å². The highest BCUT2D eigenvalue weighted by Crippen LogP contribution is 2.37. The molecule has 0 heterocycles. The average molecular weight is 365 g/mol. The van der Waals surface area contributed by atoms with E-state index in [1.807, 2.05) is 0 Å². The van der Waals surface area contributed by atoms with E-state index in [4.69, 9.17) is 0 Å². The quantitative estimate of drug-likeness (QED) is 0.516. The van der Waals surface area contributed by atoms with Crippen LogP contribution in [0.15, 0.2) is 42.5 Å². The molecule has 2 aromatic rings. The molecular weight excluding hydrogens is 324 g/mol. The maximum atomic E-state index is 2.45. The fourth-order valence-electron chi connectivity index (χ4n) is 3.72. The topological polar surface area (TPSA) is 0 Å². The van der Waals surface area contributed by atoms with E-state index in [-0.39, 0.29) is 16.2 Å². The summed E-state index contributed by atoms with van der Waals surface area (Å²) >= 11 is 0. The van der Waals surface area contributed by atoms with E-state index in [1.165, 1.54) is 27.8 Å². The second-order valence-electron chi connectivity index (χ2n) is 11.2. The Hall–Kier alpha value is -1.56. The monoisotopic (exact) mass is 364 g/mol. The Kier molecular flexibility index (Phi) is 6.00. The second-order valence-corrected chi connectivity index (χ2v) is 11.2. The van der Waals surface area contributed by atoms with Crippen LogP contribution >= 0.6 is 0 Å². The summed E-state index contributed by atoms with van der Waals surface area (Å²) in [5.41, 5.74) is 7.70. The summed E-state index contributed by atoms with van der Waals surface area (Å²) in [5.74, 6) is 0.558. The summed E-state index contributed by atoms with van der Waals surface area (Å²) in [6.45, 7) is 23.3. The molecule has 0 heteroatoms. The van der Waals surface area contributed by atoms with E-state index in [9.17, 15) is 0 Å². The molecule has 0 atom stereocenters. The van der Waals surface area contributed by atoms with Gasteiger partial charge >= 0.3 is 0 Å². The van der Waals surface area contributed by atoms with Gasteiger partial charge in [0.1, 0.15) is 0 Å². The van der Waals surface area contributed by atoms with Crippen LogP contribution in [0.2, 0.25) is 0 Å². The van der Waals surface area contributed by atoms with Crippen molar-refractivity contribution in [1.29, 1.82) is 0 Å². The van der Waals surface area contributed by atoms with Crippen LogP contribution in [0.4, 0.5) is 0 Å². The number of benzene rings is 2. The van der Waals surface area contributed by atoms with Gasteiger partial charge in [0.2, 0.25) is 0 Å². The van der Waals surface area contributed by atoms with Gasteiger partial charge in [-0.15, -0.1) is 0 Å². The normalized spacial score (nSPS) is 13.3. The molecule has 0 radical (unpaired) electrons. The smallest absolute Gasteiger partial charge is 0.00629 e. The molecule has 0 saturated heterocycles. The SMILES string of the molecule is CC(C)c1ccccc1CC(C)(C)c1cc(C(C)(C)C)cc(C(C)(C)C)c1. The van der Waals surface area contributed by atoms with Crippen molar-refractivity contribution < 1.29 is 0 Å². The van der Waals surface area contributed by atoms with Crippen LogP contribution in [0, 0.1) is 0 Å². The van der Waals surface area contributed by atoms with Gasteiger partial charge in [-0.1, -0.05) is 112 Å². The van der Waals surface area contributed by atoms with E-state index in [0.717, 1.165) is 6.42 Å². The van der Waals surface area contributed by atoms with Crippen molar-refractivity contribution in [3.63, 3.8) is 0 Å². The highest BCUT2D eigenvalue weighted by atomic mass is 14.3. The van der Waals surface area contributed by atoms with Crippen LogP contribution in [0.1, 0.15) is 103 Å². The van der Waals surface area contributed by atoms with Crippen LogP contribution in [-0.4, -0.2) is 0 Å². The zero-order valence-electron chi connectivity index (χ0n) is 19.3. The summed E-state index contributed by atoms with van der Waals surface area (Å²) in [7, 11) is 0. The molecule has 0 aliphatic rings. The molecule has 27 heavy (non-hydrogen) atoms. The first-order valence-corrected chi connectivity index (χ1v) is 10.5. The Morgan fingerprint density at radius 3 is 1.56 bits per heavy atom. The van der Waals surface area contributed by atoms with Crippen LogP contribution in [0.3, 0.4) is 0 Å². The van der Waals surface area contributed by atoms with Crippen molar-refractivity contribution in [2.45, 2.75) is 97.8 Å². The fraction of sp³-hybridized carbons (Fsp3) is 0.556. The zero-order valence-corrected chi connectivity index (χ0v) is 19.3. The molecule has 2 aromatic carbocycles. The molecule has 148 valence electrons. The Bertz CT molecular complexity index is 744. The molecule has 0 amide bonds. The van der Waals surface area contributed by atoms with Crippen LogP contribution < -0.4 is 0 Å². The zero-order chi connectivity index (χ0) is 20.6. The van der Waals surface area contributed by atoms with Gasteiger partial charge in [0, 0.05) is 0 Å². The molecule has 0 aromatic heterocycles. The van der Waals surface area contributed by atoms with E-state index < -0.39 is 0 Å². The van der Waals surface area contributed by atoms with Crippen molar-refractivity contribution in [2.75, 3.05) is 0 Å². The lowest BCUT2D eigenvalue weighted by Gasteiger charge is -2.32. The molecule has 0 unspecified atom stereocenters. The van der Waals surface area contributed by atoms with E-state index in [2.05, 4.69) is 112 Å². The third-order valence-corrected chi connectivity index (χ3v) is 5.76. The van der Waals surface area contributed by atoms with Crippen molar-refractivity contribution >= 4 is 0 Å². The largest absolute Gasteiger partial charge is 0.0620 e. The molecule has 0 saturated carbocycles. The lowest BCUT2D eigenvalue weighted by molar-refractivity contribution is 0.507. The summed E-state index contributed by atoms with van der Waals surface area (Å²) in [6.07, 6.45) is 1.07. The molecular formula is C27H40. The molecule has 0 N–H and O–H groups in total. The molecule has 2 rings (SSSR count). The lowest BCUT2D eigenvalue weighted by atomic mass is 9.72. The summed E-state index contributed by atoms with van der Waals surface area (Å²) in [4.78, 5) is 0. The highest BCUT2D eigenvalue weighted by Gasteiger charge is 2.27. The van der Waals surface area contributed by atoms with Gasteiger partial charge in [-0.2, -0.15) is 0 Å². The van der Waals surface area contributed by atoms with Gasteiger partial charge in [-0.25, -0.2) is 0 Å². The maximum absolute atomic E-state index is 2.45. The first-order chi connectivity index (χ1) is 12.2. The number of hydrogen-bond donors (Lipinski definition) is 0. The van der Waals surface area contributed by atoms with E-state index >= 15 is 0 Å². The minimum absolute atomic E-state index is 0.0895. The Balaban J connectivity index is 2.55. The third-order valence-electron chi connectivity index (χ3n) is 5.76. The molecule has 0 fully saturated rings. The Morgan fingerprint density at radius 1 is 0.667 bits per heavy atom. The Labute approximate surface area is 168 Å². The van der Waals surface area contributed by atoms with Gasteiger partial charge in [0.25, 0.3) is 0 Å². The number of hydrogen-bond acceptors (Lipinski definition) is 0. The van der Waals surface area contributed by atoms with Crippen molar-refractivity contribution in [3.05, 3.63) is 70.3 Å². The second kappa shape index (κ2) is 7.46. The summed E-state index contributed by atoms with van der Waals surface area (Å²) in [6, 6.07) is 16.3. The summed E-state index contributed by atoms with van der Waals surface area (Å²) < 4.78 is 0. The summed E-state index contributed by atoms with van der Waals surface area (Å²) in [5, 5.41) is 0. The number of rotatable bonds is 4. The standard InChI is InChI=1S/C27H40/c1-19(2)24-14-12-11-13-20(24)18-27(9,10)23-16-21(25(3,4)5)15-22(17-23)26(6,7)8/h11-17,19H,18H2,1-10H3. The minimum atomic E-state index is 0.0895. The van der Waals surface area contributed by atoms with Gasteiger partial charge < -0.3 is 0 Å². The minimum Gasteiger partial charge on any atom is -0.0620 e. The third kappa shape index (κ3) is 5.24. The first kappa shape index (κ1) is 21.7. The molecule has 0 aliphatic carbocycles.